The predicted octanol–water partition coefficient (Wildman–Crippen LogP) is 1.63. The Kier molecular flexibility index (Phi) is 2.06. The summed E-state index contributed by atoms with van der Waals surface area (Å²) < 4.78 is 0. The van der Waals surface area contributed by atoms with Gasteiger partial charge in [-0.05, 0) is 17.7 Å². The van der Waals surface area contributed by atoms with Crippen molar-refractivity contribution in [2.45, 2.75) is 6.54 Å². The van der Waals surface area contributed by atoms with Gasteiger partial charge in [-0.2, -0.15) is 5.11 Å². The molecule has 0 saturated carbocycles. The van der Waals surface area contributed by atoms with Crippen molar-refractivity contribution in [1.82, 2.24) is 0 Å². The zero-order valence-corrected chi connectivity index (χ0v) is 5.78. The van der Waals surface area contributed by atoms with Gasteiger partial charge < -0.3 is 10.2 Å². The smallest absolute Gasteiger partial charge is 0.157 e. The first-order valence-electron chi connectivity index (χ1n) is 3.08. The second-order valence-electron chi connectivity index (χ2n) is 2.14. The highest BCUT2D eigenvalue weighted by molar-refractivity contribution is 5.40. The molecule has 0 saturated heterocycles. The van der Waals surface area contributed by atoms with Crippen LogP contribution in [0.15, 0.2) is 23.3 Å². The van der Waals surface area contributed by atoms with Crippen LogP contribution >= 0.6 is 0 Å². The molecular formula is C7H8N2O2. The van der Waals surface area contributed by atoms with Gasteiger partial charge >= 0.3 is 0 Å². The van der Waals surface area contributed by atoms with Gasteiger partial charge in [0.25, 0.3) is 0 Å². The number of hydrogen-bond acceptors (Lipinski definition) is 4. The molecule has 0 aliphatic rings. The molecule has 0 aliphatic heterocycles. The van der Waals surface area contributed by atoms with E-state index in [4.69, 9.17) is 15.7 Å². The van der Waals surface area contributed by atoms with Crippen LogP contribution in [0.3, 0.4) is 0 Å². The highest BCUT2D eigenvalue weighted by atomic mass is 16.3. The summed E-state index contributed by atoms with van der Waals surface area (Å²) in [5, 5.41) is 21.0. The third-order valence-corrected chi connectivity index (χ3v) is 1.30. The maximum Gasteiger partial charge on any atom is 0.157 e. The van der Waals surface area contributed by atoms with Crippen LogP contribution in [-0.2, 0) is 6.54 Å². The van der Waals surface area contributed by atoms with E-state index in [1.54, 1.807) is 6.07 Å². The average molecular weight is 152 g/mol. The van der Waals surface area contributed by atoms with Crippen LogP contribution < -0.4 is 0 Å². The van der Waals surface area contributed by atoms with Gasteiger partial charge in [0.05, 0.1) is 6.54 Å². The zero-order chi connectivity index (χ0) is 8.27. The molecule has 0 unspecified atom stereocenters. The van der Waals surface area contributed by atoms with E-state index in [0.717, 1.165) is 0 Å². The fraction of sp³-hybridized carbons (Fsp3) is 0.143. The summed E-state index contributed by atoms with van der Waals surface area (Å²) in [4.78, 5) is 0. The van der Waals surface area contributed by atoms with E-state index < -0.39 is 0 Å². The molecule has 3 N–H and O–H groups in total. The minimum absolute atomic E-state index is 0.154. The van der Waals surface area contributed by atoms with Crippen molar-refractivity contribution in [3.05, 3.63) is 23.8 Å². The van der Waals surface area contributed by atoms with Crippen LogP contribution in [0, 0.1) is 5.53 Å². The molecule has 1 aromatic carbocycles. The topological polar surface area (TPSA) is 76.7 Å². The minimum Gasteiger partial charge on any atom is -0.504 e. The summed E-state index contributed by atoms with van der Waals surface area (Å²) >= 11 is 0. The molecule has 0 spiro atoms. The van der Waals surface area contributed by atoms with Gasteiger partial charge in [-0.25, -0.2) is 5.53 Å². The summed E-state index contributed by atoms with van der Waals surface area (Å²) in [7, 11) is 0. The Morgan fingerprint density at radius 2 is 2.00 bits per heavy atom. The van der Waals surface area contributed by atoms with Crippen LogP contribution in [0.5, 0.6) is 11.5 Å². The lowest BCUT2D eigenvalue weighted by atomic mass is 10.2. The van der Waals surface area contributed by atoms with Crippen LogP contribution in [0.4, 0.5) is 0 Å². The largest absolute Gasteiger partial charge is 0.504 e. The molecule has 0 fully saturated rings. The molecule has 0 aromatic heterocycles. The van der Waals surface area contributed by atoms with Crippen molar-refractivity contribution in [1.29, 1.82) is 5.53 Å². The molecule has 4 nitrogen and oxygen atoms in total. The molecule has 0 amide bonds. The van der Waals surface area contributed by atoms with Gasteiger partial charge in [-0.15, -0.1) is 0 Å². The number of nitrogens with one attached hydrogen (secondary N) is 1. The molecule has 4 heteroatoms. The molecule has 1 rings (SSSR count). The van der Waals surface area contributed by atoms with E-state index in [2.05, 4.69) is 5.11 Å². The minimum atomic E-state index is -0.175. The molecule has 0 heterocycles. The second-order valence-corrected chi connectivity index (χ2v) is 2.14. The summed E-state index contributed by atoms with van der Waals surface area (Å²) in [6.07, 6.45) is 0. The van der Waals surface area contributed by atoms with Gasteiger partial charge in [-0.3, -0.25) is 0 Å². The van der Waals surface area contributed by atoms with Gasteiger partial charge in [0.1, 0.15) is 0 Å². The summed E-state index contributed by atoms with van der Waals surface area (Å²) in [5.41, 5.74) is 7.25. The van der Waals surface area contributed by atoms with Gasteiger partial charge in [0.2, 0.25) is 0 Å². The Morgan fingerprint density at radius 1 is 1.27 bits per heavy atom. The van der Waals surface area contributed by atoms with Gasteiger partial charge in [0.15, 0.2) is 11.5 Å². The predicted molar refractivity (Wildman–Crippen MR) is 38.6 cm³/mol. The lowest BCUT2D eigenvalue weighted by molar-refractivity contribution is 0.403. The third kappa shape index (κ3) is 1.67. The average Bonchev–Trinajstić information content (AvgIpc) is 1.98. The highest BCUT2D eigenvalue weighted by Crippen LogP contribution is 2.24. The number of rotatable bonds is 2. The van der Waals surface area contributed by atoms with E-state index >= 15 is 0 Å². The highest BCUT2D eigenvalue weighted by Gasteiger charge is 1.98. The first kappa shape index (κ1) is 7.53. The quantitative estimate of drug-likeness (QED) is 0.445. The Morgan fingerprint density at radius 3 is 2.55 bits per heavy atom. The molecular weight excluding hydrogens is 144 g/mol. The van der Waals surface area contributed by atoms with Gasteiger partial charge in [0, 0.05) is 0 Å². The van der Waals surface area contributed by atoms with Crippen molar-refractivity contribution < 1.29 is 10.2 Å². The van der Waals surface area contributed by atoms with Crippen molar-refractivity contribution >= 4 is 0 Å². The van der Waals surface area contributed by atoms with Crippen LogP contribution in [0.25, 0.3) is 0 Å². The standard InChI is InChI=1S/C7H8N2O2/c8-9-4-5-1-2-6(10)7(11)3-5/h1-3,8,10-11H,4H2. The van der Waals surface area contributed by atoms with E-state index in [-0.39, 0.29) is 18.0 Å². The first-order chi connectivity index (χ1) is 5.24. The van der Waals surface area contributed by atoms with Crippen molar-refractivity contribution in [3.63, 3.8) is 0 Å². The molecule has 58 valence electrons. The van der Waals surface area contributed by atoms with Crippen molar-refractivity contribution in [2.75, 3.05) is 0 Å². The van der Waals surface area contributed by atoms with Crippen molar-refractivity contribution in [3.8, 4) is 11.5 Å². The second kappa shape index (κ2) is 3.01. The molecule has 1 aromatic rings. The lowest BCUT2D eigenvalue weighted by Gasteiger charge is -1.98. The van der Waals surface area contributed by atoms with Crippen LogP contribution in [0.1, 0.15) is 5.56 Å². The SMILES string of the molecule is N=NCc1ccc(O)c(O)c1. The Bertz CT molecular complexity index is 273. The Balaban J connectivity index is 2.95. The van der Waals surface area contributed by atoms with E-state index in [1.807, 2.05) is 0 Å². The van der Waals surface area contributed by atoms with Gasteiger partial charge in [-0.1, -0.05) is 6.07 Å². The first-order valence-corrected chi connectivity index (χ1v) is 3.08. The summed E-state index contributed by atoms with van der Waals surface area (Å²) in [6.45, 7) is 0.230. The van der Waals surface area contributed by atoms with E-state index in [1.165, 1.54) is 12.1 Å². The lowest BCUT2D eigenvalue weighted by Crippen LogP contribution is -1.79. The number of benzene rings is 1. The third-order valence-electron chi connectivity index (χ3n) is 1.30. The Hall–Kier alpha value is -1.58. The monoisotopic (exact) mass is 152 g/mol. The fourth-order valence-electron chi connectivity index (χ4n) is 0.759. The number of hydrogen-bond donors (Lipinski definition) is 3. The van der Waals surface area contributed by atoms with E-state index in [9.17, 15) is 0 Å². The van der Waals surface area contributed by atoms with Crippen molar-refractivity contribution in [2.24, 2.45) is 5.11 Å². The fourth-order valence-corrected chi connectivity index (χ4v) is 0.759. The van der Waals surface area contributed by atoms with Crippen LogP contribution in [-0.4, -0.2) is 10.2 Å². The maximum absolute atomic E-state index is 8.97. The van der Waals surface area contributed by atoms with Crippen LogP contribution in [0.2, 0.25) is 0 Å². The molecule has 0 bridgehead atoms. The normalized spacial score (nSPS) is 9.45. The number of phenolic OH excluding ortho intramolecular Hbond substituents is 2. The maximum atomic E-state index is 8.97. The van der Waals surface area contributed by atoms with E-state index in [0.29, 0.717) is 5.56 Å². The molecule has 0 aliphatic carbocycles. The molecule has 11 heavy (non-hydrogen) atoms. The number of aromatic hydroxyl groups is 2. The molecule has 0 atom stereocenters. The Labute approximate surface area is 63.6 Å². The number of nitrogens with zero attached hydrogens (tertiary/aromatic N) is 1. The number of phenols is 2. The molecule has 0 radical (unpaired) electrons. The summed E-state index contributed by atoms with van der Waals surface area (Å²) in [6, 6.07) is 4.36. The zero-order valence-electron chi connectivity index (χ0n) is 5.78. The summed E-state index contributed by atoms with van der Waals surface area (Å²) in [5.74, 6) is -0.329.